The third-order valence-corrected chi connectivity index (χ3v) is 3.49. The number of nitrogens with zero attached hydrogens (tertiary/aromatic N) is 3. The van der Waals surface area contributed by atoms with Crippen molar-refractivity contribution >= 4 is 23.4 Å². The smallest absolute Gasteiger partial charge is 0.308 e. The van der Waals surface area contributed by atoms with Gasteiger partial charge in [-0.3, -0.25) is 19.7 Å². The van der Waals surface area contributed by atoms with Crippen molar-refractivity contribution in [2.75, 3.05) is 5.73 Å². The largest absolute Gasteiger partial charge is 0.463 e. The lowest BCUT2D eigenvalue weighted by molar-refractivity contribution is -0.385. The molecule has 1 aromatic carbocycles. The average Bonchev–Trinajstić information content (AvgIpc) is 2.60. The Bertz CT molecular complexity index is 855. The van der Waals surface area contributed by atoms with E-state index in [1.807, 2.05) is 0 Å². The molecule has 0 fully saturated rings. The minimum atomic E-state index is -1.01. The number of nitrogens with two attached hydrogens (primary N) is 1. The lowest BCUT2D eigenvalue weighted by Crippen LogP contribution is -2.32. The van der Waals surface area contributed by atoms with E-state index in [-0.39, 0.29) is 35.3 Å². The first kappa shape index (κ1) is 19.8. The van der Waals surface area contributed by atoms with Crippen LogP contribution in [-0.4, -0.2) is 32.9 Å². The quantitative estimate of drug-likeness (QED) is 0.423. The molecule has 0 radical (unpaired) electrons. The summed E-state index contributed by atoms with van der Waals surface area (Å²) < 4.78 is 5.10. The number of carbonyl (C=O) groups is 2. The second kappa shape index (κ2) is 8.70. The molecular formula is C17H19N5O5. The summed E-state index contributed by atoms with van der Waals surface area (Å²) in [5.41, 5.74) is 5.44. The number of rotatable bonds is 7. The van der Waals surface area contributed by atoms with Crippen LogP contribution in [0.25, 0.3) is 0 Å². The van der Waals surface area contributed by atoms with E-state index in [4.69, 9.17) is 10.5 Å². The fraction of sp³-hybridized carbons (Fsp3) is 0.294. The van der Waals surface area contributed by atoms with Crippen LogP contribution in [0.5, 0.6) is 0 Å². The van der Waals surface area contributed by atoms with Crippen LogP contribution in [-0.2, 0) is 9.53 Å². The van der Waals surface area contributed by atoms with Gasteiger partial charge in [0.2, 0.25) is 0 Å². The normalized spacial score (nSPS) is 11.7. The number of para-hydroxylation sites is 1. The number of esters is 1. The lowest BCUT2D eigenvalue weighted by atomic mass is 10.0. The first-order valence-electron chi connectivity index (χ1n) is 8.09. The molecular weight excluding hydrogens is 354 g/mol. The van der Waals surface area contributed by atoms with Crippen LogP contribution in [0.2, 0.25) is 0 Å². The molecule has 1 atom stereocenters. The second-order valence-corrected chi connectivity index (χ2v) is 5.87. The number of amides is 1. The molecule has 0 aliphatic heterocycles. The Labute approximate surface area is 154 Å². The van der Waals surface area contributed by atoms with Gasteiger partial charge in [0.1, 0.15) is 0 Å². The monoisotopic (exact) mass is 373 g/mol. The number of carbonyl (C=O) groups excluding carboxylic acids is 2. The Hall–Kier alpha value is -3.56. The fourth-order valence-corrected chi connectivity index (χ4v) is 2.42. The van der Waals surface area contributed by atoms with Crippen molar-refractivity contribution in [2.45, 2.75) is 32.4 Å². The van der Waals surface area contributed by atoms with Gasteiger partial charge in [-0.25, -0.2) is 9.97 Å². The predicted octanol–water partition coefficient (Wildman–Crippen LogP) is 1.78. The maximum Gasteiger partial charge on any atom is 0.308 e. The summed E-state index contributed by atoms with van der Waals surface area (Å²) in [4.78, 5) is 43.0. The van der Waals surface area contributed by atoms with Crippen molar-refractivity contribution in [3.63, 3.8) is 0 Å². The molecule has 1 amide bonds. The van der Waals surface area contributed by atoms with Gasteiger partial charge < -0.3 is 15.8 Å². The topological polar surface area (TPSA) is 150 Å². The molecule has 10 nitrogen and oxygen atoms in total. The molecule has 27 heavy (non-hydrogen) atoms. The standard InChI is InChI=1S/C17H19N5O5/c1-10(2)27-14(23)9-12(11-5-3-4-6-13(11)22(25)26)21-17(24)15-16(18)20-8-7-19-15/h3-8,10,12H,9H2,1-2H3,(H2,18,20)(H,21,24). The molecule has 142 valence electrons. The van der Waals surface area contributed by atoms with Gasteiger partial charge in [0.25, 0.3) is 11.6 Å². The molecule has 1 heterocycles. The number of hydrogen-bond acceptors (Lipinski definition) is 8. The van der Waals surface area contributed by atoms with Gasteiger partial charge in [-0.15, -0.1) is 0 Å². The highest BCUT2D eigenvalue weighted by Gasteiger charge is 2.27. The number of nitrogens with one attached hydrogen (secondary N) is 1. The first-order valence-corrected chi connectivity index (χ1v) is 8.09. The molecule has 0 aliphatic rings. The Morgan fingerprint density at radius 1 is 1.26 bits per heavy atom. The number of aromatic nitrogens is 2. The van der Waals surface area contributed by atoms with Crippen LogP contribution in [0, 0.1) is 10.1 Å². The van der Waals surface area contributed by atoms with Crippen LogP contribution >= 0.6 is 0 Å². The highest BCUT2D eigenvalue weighted by Crippen LogP contribution is 2.28. The van der Waals surface area contributed by atoms with Crippen molar-refractivity contribution in [1.82, 2.24) is 15.3 Å². The fourth-order valence-electron chi connectivity index (χ4n) is 2.42. The van der Waals surface area contributed by atoms with Gasteiger partial charge in [-0.1, -0.05) is 18.2 Å². The van der Waals surface area contributed by atoms with E-state index in [1.54, 1.807) is 19.9 Å². The lowest BCUT2D eigenvalue weighted by Gasteiger charge is -2.19. The van der Waals surface area contributed by atoms with Crippen LogP contribution in [0.15, 0.2) is 36.7 Å². The molecule has 2 rings (SSSR count). The molecule has 10 heteroatoms. The Kier molecular flexibility index (Phi) is 6.36. The Balaban J connectivity index is 2.36. The van der Waals surface area contributed by atoms with E-state index in [0.29, 0.717) is 0 Å². The zero-order chi connectivity index (χ0) is 20.0. The highest BCUT2D eigenvalue weighted by molar-refractivity contribution is 5.96. The van der Waals surface area contributed by atoms with Crippen LogP contribution in [0.3, 0.4) is 0 Å². The summed E-state index contributed by atoms with van der Waals surface area (Å²) in [7, 11) is 0. The van der Waals surface area contributed by atoms with Crippen molar-refractivity contribution < 1.29 is 19.2 Å². The van der Waals surface area contributed by atoms with Gasteiger partial charge in [0.05, 0.1) is 29.1 Å². The number of nitro groups is 1. The van der Waals surface area contributed by atoms with Crippen LogP contribution in [0.1, 0.15) is 42.4 Å². The molecule has 1 unspecified atom stereocenters. The number of hydrogen-bond donors (Lipinski definition) is 2. The summed E-state index contributed by atoms with van der Waals surface area (Å²) in [6.45, 7) is 3.35. The van der Waals surface area contributed by atoms with E-state index >= 15 is 0 Å². The van der Waals surface area contributed by atoms with Crippen molar-refractivity contribution in [3.05, 3.63) is 58.0 Å². The van der Waals surface area contributed by atoms with Crippen molar-refractivity contribution in [2.24, 2.45) is 0 Å². The molecule has 0 saturated carbocycles. The van der Waals surface area contributed by atoms with Crippen molar-refractivity contribution in [3.8, 4) is 0 Å². The maximum atomic E-state index is 12.5. The number of benzene rings is 1. The van der Waals surface area contributed by atoms with Gasteiger partial charge in [-0.05, 0) is 13.8 Å². The Morgan fingerprint density at radius 3 is 2.56 bits per heavy atom. The Morgan fingerprint density at radius 2 is 1.93 bits per heavy atom. The van der Waals surface area contributed by atoms with Gasteiger partial charge >= 0.3 is 5.97 Å². The number of anilines is 1. The predicted molar refractivity (Wildman–Crippen MR) is 95.6 cm³/mol. The van der Waals surface area contributed by atoms with E-state index in [1.165, 1.54) is 30.6 Å². The van der Waals surface area contributed by atoms with E-state index in [2.05, 4.69) is 15.3 Å². The second-order valence-electron chi connectivity index (χ2n) is 5.87. The minimum absolute atomic E-state index is 0.0962. The number of nitrogen functional groups attached to an aromatic ring is 1. The highest BCUT2D eigenvalue weighted by atomic mass is 16.6. The zero-order valence-corrected chi connectivity index (χ0v) is 14.8. The molecule has 0 aliphatic carbocycles. The third-order valence-electron chi connectivity index (χ3n) is 3.49. The zero-order valence-electron chi connectivity index (χ0n) is 14.8. The average molecular weight is 373 g/mol. The van der Waals surface area contributed by atoms with E-state index < -0.39 is 22.8 Å². The minimum Gasteiger partial charge on any atom is -0.463 e. The molecule has 3 N–H and O–H groups in total. The van der Waals surface area contributed by atoms with E-state index in [0.717, 1.165) is 0 Å². The first-order chi connectivity index (χ1) is 12.8. The molecule has 0 spiro atoms. The molecule has 1 aromatic heterocycles. The van der Waals surface area contributed by atoms with Gasteiger partial charge in [-0.2, -0.15) is 0 Å². The third kappa shape index (κ3) is 5.21. The van der Waals surface area contributed by atoms with Crippen molar-refractivity contribution in [1.29, 1.82) is 0 Å². The van der Waals surface area contributed by atoms with Gasteiger partial charge in [0, 0.05) is 18.5 Å². The molecule has 2 aromatic rings. The molecule has 0 bridgehead atoms. The number of ether oxygens (including phenoxy) is 1. The van der Waals surface area contributed by atoms with Crippen LogP contribution < -0.4 is 11.1 Å². The summed E-state index contributed by atoms with van der Waals surface area (Å²) in [5.74, 6) is -1.41. The van der Waals surface area contributed by atoms with Gasteiger partial charge in [0.15, 0.2) is 11.5 Å². The molecule has 0 saturated heterocycles. The van der Waals surface area contributed by atoms with Crippen LogP contribution in [0.4, 0.5) is 11.5 Å². The SMILES string of the molecule is CC(C)OC(=O)CC(NC(=O)c1nccnc1N)c1ccccc1[N+](=O)[O-]. The summed E-state index contributed by atoms with van der Waals surface area (Å²) in [6, 6.07) is 4.82. The summed E-state index contributed by atoms with van der Waals surface area (Å²) in [6.07, 6.45) is 1.95. The maximum absolute atomic E-state index is 12.5. The van der Waals surface area contributed by atoms with E-state index in [9.17, 15) is 19.7 Å². The number of nitro benzene ring substituents is 1. The summed E-state index contributed by atoms with van der Waals surface area (Å²) >= 11 is 0. The summed E-state index contributed by atoms with van der Waals surface area (Å²) in [5, 5.41) is 13.9.